The summed E-state index contributed by atoms with van der Waals surface area (Å²) in [5.41, 5.74) is 1.93. The largest absolute Gasteiger partial charge is 0.508 e. The van der Waals surface area contributed by atoms with Crippen molar-refractivity contribution in [3.63, 3.8) is 0 Å². The summed E-state index contributed by atoms with van der Waals surface area (Å²) in [6.07, 6.45) is 14.9. The van der Waals surface area contributed by atoms with Gasteiger partial charge >= 0.3 is 0 Å². The van der Waals surface area contributed by atoms with Crippen LogP contribution in [0.25, 0.3) is 17.2 Å². The van der Waals surface area contributed by atoms with E-state index in [1.807, 2.05) is 30.6 Å². The van der Waals surface area contributed by atoms with Crippen LogP contribution < -0.4 is 0 Å². The lowest BCUT2D eigenvalue weighted by Gasteiger charge is -2.11. The highest BCUT2D eigenvalue weighted by atomic mass is 16.5. The second-order valence-corrected chi connectivity index (χ2v) is 6.60. The van der Waals surface area contributed by atoms with E-state index in [1.165, 1.54) is 12.8 Å². The number of phenols is 1. The van der Waals surface area contributed by atoms with Crippen molar-refractivity contribution >= 4 is 6.08 Å². The van der Waals surface area contributed by atoms with Crippen LogP contribution in [-0.4, -0.2) is 27.8 Å². The summed E-state index contributed by atoms with van der Waals surface area (Å²) in [6.45, 7) is 5.24. The van der Waals surface area contributed by atoms with E-state index < -0.39 is 0 Å². The van der Waals surface area contributed by atoms with Crippen molar-refractivity contribution in [3.8, 4) is 16.9 Å². The Bertz CT molecular complexity index is 651. The molecule has 0 fully saturated rings. The molecule has 4 nitrogen and oxygen atoms in total. The fraction of sp³-hybridized carbons (Fsp3) is 0.455. The van der Waals surface area contributed by atoms with E-state index in [4.69, 9.17) is 4.74 Å². The molecule has 0 bridgehead atoms. The second kappa shape index (κ2) is 11.4. The van der Waals surface area contributed by atoms with Crippen molar-refractivity contribution in [2.45, 2.75) is 58.5 Å². The number of aromatic hydroxyl groups is 1. The zero-order valence-corrected chi connectivity index (χ0v) is 15.9. The first-order valence-corrected chi connectivity index (χ1v) is 9.58. The molecule has 0 saturated heterocycles. The SMILES string of the molecule is CCCCCOC(C)CCCC=Cc1ncc(-c2ccc(O)cc2)cn1. The van der Waals surface area contributed by atoms with Crippen molar-refractivity contribution in [2.75, 3.05) is 6.61 Å². The minimum absolute atomic E-state index is 0.259. The van der Waals surface area contributed by atoms with Gasteiger partial charge in [0.25, 0.3) is 0 Å². The van der Waals surface area contributed by atoms with Crippen molar-refractivity contribution in [3.05, 3.63) is 48.6 Å². The molecule has 1 unspecified atom stereocenters. The quantitative estimate of drug-likeness (QED) is 0.531. The molecule has 1 atom stereocenters. The van der Waals surface area contributed by atoms with E-state index in [9.17, 15) is 5.11 Å². The Morgan fingerprint density at radius 3 is 2.46 bits per heavy atom. The van der Waals surface area contributed by atoms with Crippen molar-refractivity contribution in [1.82, 2.24) is 9.97 Å². The summed E-state index contributed by atoms with van der Waals surface area (Å²) in [5, 5.41) is 9.34. The third-order valence-corrected chi connectivity index (χ3v) is 4.27. The van der Waals surface area contributed by atoms with Crippen LogP contribution in [0.1, 0.15) is 58.2 Å². The number of allylic oxidation sites excluding steroid dienone is 1. The van der Waals surface area contributed by atoms with Crippen molar-refractivity contribution < 1.29 is 9.84 Å². The van der Waals surface area contributed by atoms with Crippen LogP contribution in [0.15, 0.2) is 42.7 Å². The van der Waals surface area contributed by atoms with Crippen LogP contribution in [0.5, 0.6) is 5.75 Å². The number of hydrogen-bond donors (Lipinski definition) is 1. The van der Waals surface area contributed by atoms with Crippen LogP contribution >= 0.6 is 0 Å². The molecule has 26 heavy (non-hydrogen) atoms. The highest BCUT2D eigenvalue weighted by molar-refractivity contribution is 5.62. The minimum Gasteiger partial charge on any atom is -0.508 e. The van der Waals surface area contributed by atoms with Crippen LogP contribution in [0, 0.1) is 0 Å². The first-order chi connectivity index (χ1) is 12.7. The summed E-state index contributed by atoms with van der Waals surface area (Å²) in [7, 11) is 0. The van der Waals surface area contributed by atoms with Gasteiger partial charge in [0.05, 0.1) is 6.10 Å². The normalized spacial score (nSPS) is 12.5. The van der Waals surface area contributed by atoms with Gasteiger partial charge in [-0.25, -0.2) is 9.97 Å². The average molecular weight is 354 g/mol. The van der Waals surface area contributed by atoms with Crippen LogP contribution in [-0.2, 0) is 4.74 Å². The number of phenolic OH excluding ortho intramolecular Hbond substituents is 1. The average Bonchev–Trinajstić information content (AvgIpc) is 2.66. The van der Waals surface area contributed by atoms with E-state index in [1.54, 1.807) is 12.1 Å². The predicted molar refractivity (Wildman–Crippen MR) is 107 cm³/mol. The van der Waals surface area contributed by atoms with Gasteiger partial charge in [-0.2, -0.15) is 0 Å². The topological polar surface area (TPSA) is 55.2 Å². The zero-order chi connectivity index (χ0) is 18.6. The first-order valence-electron chi connectivity index (χ1n) is 9.58. The molecule has 0 saturated carbocycles. The molecule has 0 radical (unpaired) electrons. The summed E-state index contributed by atoms with van der Waals surface area (Å²) in [5.74, 6) is 0.978. The summed E-state index contributed by atoms with van der Waals surface area (Å²) in [4.78, 5) is 8.77. The molecule has 0 amide bonds. The van der Waals surface area contributed by atoms with E-state index in [0.29, 0.717) is 6.10 Å². The molecular weight excluding hydrogens is 324 g/mol. The zero-order valence-electron chi connectivity index (χ0n) is 15.9. The van der Waals surface area contributed by atoms with Gasteiger partial charge in [0.2, 0.25) is 0 Å². The number of rotatable bonds is 11. The lowest BCUT2D eigenvalue weighted by molar-refractivity contribution is 0.0566. The van der Waals surface area contributed by atoms with Crippen LogP contribution in [0.2, 0.25) is 0 Å². The number of ether oxygens (including phenoxy) is 1. The molecular formula is C22H30N2O2. The van der Waals surface area contributed by atoms with Crippen LogP contribution in [0.3, 0.4) is 0 Å². The van der Waals surface area contributed by atoms with Gasteiger partial charge in [-0.05, 0) is 56.4 Å². The highest BCUT2D eigenvalue weighted by Gasteiger charge is 2.01. The Kier molecular flexibility index (Phi) is 8.84. The number of hydrogen-bond acceptors (Lipinski definition) is 4. The number of unbranched alkanes of at least 4 members (excludes halogenated alkanes) is 3. The maximum absolute atomic E-state index is 9.34. The van der Waals surface area contributed by atoms with E-state index in [0.717, 1.165) is 49.2 Å². The van der Waals surface area contributed by atoms with Crippen molar-refractivity contribution in [2.24, 2.45) is 0 Å². The second-order valence-electron chi connectivity index (χ2n) is 6.60. The maximum Gasteiger partial charge on any atom is 0.151 e. The Balaban J connectivity index is 1.69. The van der Waals surface area contributed by atoms with Gasteiger partial charge in [0.1, 0.15) is 5.75 Å². The lowest BCUT2D eigenvalue weighted by atomic mass is 10.1. The number of benzene rings is 1. The minimum atomic E-state index is 0.259. The van der Waals surface area contributed by atoms with E-state index in [-0.39, 0.29) is 5.75 Å². The van der Waals surface area contributed by atoms with Gasteiger partial charge < -0.3 is 9.84 Å². The third-order valence-electron chi connectivity index (χ3n) is 4.27. The van der Waals surface area contributed by atoms with Crippen molar-refractivity contribution in [1.29, 1.82) is 0 Å². The standard InChI is InChI=1S/C22H30N2O2/c1-3-4-8-15-26-18(2)9-6-5-7-10-22-23-16-20(17-24-22)19-11-13-21(25)14-12-19/h7,10-14,16-18,25H,3-6,8-9,15H2,1-2H3. The number of aromatic nitrogens is 2. The molecule has 2 aromatic rings. The van der Waals surface area contributed by atoms with Gasteiger partial charge in [-0.15, -0.1) is 0 Å². The molecule has 2 rings (SSSR count). The Labute approximate surface area is 157 Å². The Morgan fingerprint density at radius 1 is 1.04 bits per heavy atom. The van der Waals surface area contributed by atoms with Crippen LogP contribution in [0.4, 0.5) is 0 Å². The fourth-order valence-corrected chi connectivity index (χ4v) is 2.66. The molecule has 1 N–H and O–H groups in total. The molecule has 1 aromatic carbocycles. The fourth-order valence-electron chi connectivity index (χ4n) is 2.66. The Hall–Kier alpha value is -2.20. The van der Waals surface area contributed by atoms with Gasteiger partial charge in [-0.3, -0.25) is 0 Å². The molecule has 140 valence electrons. The smallest absolute Gasteiger partial charge is 0.151 e. The molecule has 0 spiro atoms. The molecule has 4 heteroatoms. The lowest BCUT2D eigenvalue weighted by Crippen LogP contribution is -2.08. The first kappa shape index (κ1) is 20.1. The highest BCUT2D eigenvalue weighted by Crippen LogP contribution is 2.20. The summed E-state index contributed by atoms with van der Waals surface area (Å²) < 4.78 is 5.81. The molecule has 1 heterocycles. The monoisotopic (exact) mass is 354 g/mol. The number of nitrogens with zero attached hydrogens (tertiary/aromatic N) is 2. The van der Waals surface area contributed by atoms with E-state index in [2.05, 4.69) is 29.9 Å². The summed E-state index contributed by atoms with van der Waals surface area (Å²) >= 11 is 0. The molecule has 0 aliphatic rings. The van der Waals surface area contributed by atoms with Gasteiger partial charge in [-0.1, -0.05) is 38.0 Å². The van der Waals surface area contributed by atoms with Gasteiger partial charge in [0.15, 0.2) is 5.82 Å². The maximum atomic E-state index is 9.34. The Morgan fingerprint density at radius 2 is 1.77 bits per heavy atom. The molecule has 0 aliphatic carbocycles. The van der Waals surface area contributed by atoms with Gasteiger partial charge in [0, 0.05) is 24.6 Å². The molecule has 1 aromatic heterocycles. The predicted octanol–water partition coefficient (Wildman–Crippen LogP) is 5.63. The molecule has 0 aliphatic heterocycles. The third kappa shape index (κ3) is 7.36. The van der Waals surface area contributed by atoms with E-state index >= 15 is 0 Å². The summed E-state index contributed by atoms with van der Waals surface area (Å²) in [6, 6.07) is 7.04.